The highest BCUT2D eigenvalue weighted by Gasteiger charge is 2.08. The van der Waals surface area contributed by atoms with Gasteiger partial charge in [0, 0.05) is 19.5 Å². The van der Waals surface area contributed by atoms with Crippen LogP contribution in [0.4, 0.5) is 0 Å². The third kappa shape index (κ3) is 1.13. The SMILES string of the molecule is CCN1CCC(Cl)=N1. The van der Waals surface area contributed by atoms with Crippen molar-refractivity contribution in [3.8, 4) is 0 Å². The van der Waals surface area contributed by atoms with Crippen molar-refractivity contribution in [3.05, 3.63) is 0 Å². The van der Waals surface area contributed by atoms with Gasteiger partial charge in [0.2, 0.25) is 0 Å². The van der Waals surface area contributed by atoms with Crippen molar-refractivity contribution in [2.45, 2.75) is 13.3 Å². The Hall–Kier alpha value is -0.240. The van der Waals surface area contributed by atoms with Crippen molar-refractivity contribution >= 4 is 16.8 Å². The van der Waals surface area contributed by atoms with Crippen molar-refractivity contribution in [2.24, 2.45) is 5.10 Å². The fraction of sp³-hybridized carbons (Fsp3) is 0.800. The van der Waals surface area contributed by atoms with E-state index in [4.69, 9.17) is 11.6 Å². The molecule has 2 nitrogen and oxygen atoms in total. The van der Waals surface area contributed by atoms with Crippen molar-refractivity contribution in [2.75, 3.05) is 13.1 Å². The molecule has 1 aliphatic rings. The molecule has 0 bridgehead atoms. The van der Waals surface area contributed by atoms with Gasteiger partial charge in [-0.1, -0.05) is 11.6 Å². The summed E-state index contributed by atoms with van der Waals surface area (Å²) in [4.78, 5) is 0. The fourth-order valence-electron chi connectivity index (χ4n) is 0.704. The molecule has 0 aromatic heterocycles. The van der Waals surface area contributed by atoms with E-state index < -0.39 is 0 Å². The summed E-state index contributed by atoms with van der Waals surface area (Å²) in [5, 5.41) is 6.73. The molecule has 0 unspecified atom stereocenters. The monoisotopic (exact) mass is 132 g/mol. The van der Waals surface area contributed by atoms with E-state index >= 15 is 0 Å². The van der Waals surface area contributed by atoms with Crippen LogP contribution in [0.5, 0.6) is 0 Å². The normalized spacial score (nSPS) is 19.2. The van der Waals surface area contributed by atoms with E-state index in [1.54, 1.807) is 0 Å². The van der Waals surface area contributed by atoms with Crippen molar-refractivity contribution in [1.82, 2.24) is 5.01 Å². The molecular formula is C5H9ClN2. The van der Waals surface area contributed by atoms with Gasteiger partial charge in [0.25, 0.3) is 0 Å². The summed E-state index contributed by atoms with van der Waals surface area (Å²) >= 11 is 5.59. The zero-order valence-corrected chi connectivity index (χ0v) is 5.65. The Balaban J connectivity index is 2.41. The van der Waals surface area contributed by atoms with Gasteiger partial charge in [0.05, 0.1) is 0 Å². The Labute approximate surface area is 54.1 Å². The van der Waals surface area contributed by atoms with Gasteiger partial charge >= 0.3 is 0 Å². The van der Waals surface area contributed by atoms with E-state index in [1.165, 1.54) is 0 Å². The number of hydrogen-bond acceptors (Lipinski definition) is 2. The maximum absolute atomic E-state index is 5.59. The number of rotatable bonds is 1. The minimum Gasteiger partial charge on any atom is -0.296 e. The largest absolute Gasteiger partial charge is 0.296 e. The van der Waals surface area contributed by atoms with Crippen molar-refractivity contribution < 1.29 is 0 Å². The highest BCUT2D eigenvalue weighted by atomic mass is 35.5. The molecule has 0 spiro atoms. The Morgan fingerprint density at radius 3 is 2.88 bits per heavy atom. The van der Waals surface area contributed by atoms with Gasteiger partial charge < -0.3 is 0 Å². The van der Waals surface area contributed by atoms with Gasteiger partial charge in [-0.2, -0.15) is 5.10 Å². The highest BCUT2D eigenvalue weighted by Crippen LogP contribution is 2.06. The molecule has 0 fully saturated rings. The second-order valence-electron chi connectivity index (χ2n) is 1.77. The molecule has 3 heteroatoms. The third-order valence-corrected chi connectivity index (χ3v) is 1.46. The number of halogens is 1. The summed E-state index contributed by atoms with van der Waals surface area (Å²) in [5.74, 6) is 0. The summed E-state index contributed by atoms with van der Waals surface area (Å²) in [7, 11) is 0. The molecule has 0 aromatic rings. The molecule has 0 saturated carbocycles. The van der Waals surface area contributed by atoms with Crippen LogP contribution in [0.2, 0.25) is 0 Å². The Bertz CT molecular complexity index is 111. The lowest BCUT2D eigenvalue weighted by Gasteiger charge is -2.07. The van der Waals surface area contributed by atoms with Gasteiger partial charge in [-0.25, -0.2) is 0 Å². The average molecular weight is 133 g/mol. The molecule has 1 aliphatic heterocycles. The molecule has 0 amide bonds. The van der Waals surface area contributed by atoms with Gasteiger partial charge in [0.1, 0.15) is 5.17 Å². The standard InChI is InChI=1S/C5H9ClN2/c1-2-8-4-3-5(6)7-8/h2-4H2,1H3. The topological polar surface area (TPSA) is 15.6 Å². The first-order chi connectivity index (χ1) is 3.83. The summed E-state index contributed by atoms with van der Waals surface area (Å²) in [5.41, 5.74) is 0. The number of hydrazone groups is 1. The molecule has 0 N–H and O–H groups in total. The molecule has 0 atom stereocenters. The molecule has 1 heterocycles. The lowest BCUT2D eigenvalue weighted by molar-refractivity contribution is 0.337. The zero-order valence-electron chi connectivity index (χ0n) is 4.89. The van der Waals surface area contributed by atoms with E-state index in [0.29, 0.717) is 0 Å². The summed E-state index contributed by atoms with van der Waals surface area (Å²) in [6.07, 6.45) is 0.926. The van der Waals surface area contributed by atoms with E-state index in [1.807, 2.05) is 5.01 Å². The minimum atomic E-state index is 0.742. The number of hydrogen-bond donors (Lipinski definition) is 0. The quantitative estimate of drug-likeness (QED) is 0.525. The van der Waals surface area contributed by atoms with Crippen LogP contribution >= 0.6 is 11.6 Å². The third-order valence-electron chi connectivity index (χ3n) is 1.19. The second kappa shape index (κ2) is 2.35. The van der Waals surface area contributed by atoms with E-state index in [9.17, 15) is 0 Å². The first-order valence-electron chi connectivity index (χ1n) is 2.81. The lowest BCUT2D eigenvalue weighted by atomic mass is 10.5. The molecule has 46 valence electrons. The van der Waals surface area contributed by atoms with Crippen molar-refractivity contribution in [1.29, 1.82) is 0 Å². The summed E-state index contributed by atoms with van der Waals surface area (Å²) in [6, 6.07) is 0. The lowest BCUT2D eigenvalue weighted by Crippen LogP contribution is -2.11. The van der Waals surface area contributed by atoms with Crippen LogP contribution in [0.15, 0.2) is 5.10 Å². The maximum atomic E-state index is 5.59. The molecule has 0 radical (unpaired) electrons. The average Bonchev–Trinajstić information content (AvgIpc) is 2.14. The first-order valence-corrected chi connectivity index (χ1v) is 3.18. The molecule has 0 aromatic carbocycles. The predicted octanol–water partition coefficient (Wildman–Crippen LogP) is 1.26. The fourth-order valence-corrected chi connectivity index (χ4v) is 0.895. The van der Waals surface area contributed by atoms with Gasteiger partial charge in [-0.3, -0.25) is 5.01 Å². The van der Waals surface area contributed by atoms with Gasteiger partial charge in [-0.05, 0) is 6.92 Å². The van der Waals surface area contributed by atoms with Crippen LogP contribution < -0.4 is 0 Å². The van der Waals surface area contributed by atoms with E-state index in [-0.39, 0.29) is 0 Å². The Morgan fingerprint density at radius 1 is 1.88 bits per heavy atom. The molecule has 0 saturated heterocycles. The molecular weight excluding hydrogens is 124 g/mol. The van der Waals surface area contributed by atoms with E-state index in [2.05, 4.69) is 12.0 Å². The zero-order chi connectivity index (χ0) is 5.98. The summed E-state index contributed by atoms with van der Waals surface area (Å²) in [6.45, 7) is 4.03. The van der Waals surface area contributed by atoms with E-state index in [0.717, 1.165) is 24.7 Å². The first kappa shape index (κ1) is 5.89. The molecule has 8 heavy (non-hydrogen) atoms. The molecule has 1 rings (SSSR count). The predicted molar refractivity (Wildman–Crippen MR) is 35.2 cm³/mol. The second-order valence-corrected chi connectivity index (χ2v) is 2.21. The van der Waals surface area contributed by atoms with Crippen LogP contribution in [-0.2, 0) is 0 Å². The van der Waals surface area contributed by atoms with Gasteiger partial charge in [-0.15, -0.1) is 0 Å². The highest BCUT2D eigenvalue weighted by molar-refractivity contribution is 6.65. The Morgan fingerprint density at radius 2 is 2.62 bits per heavy atom. The van der Waals surface area contributed by atoms with Crippen LogP contribution in [0.1, 0.15) is 13.3 Å². The Kier molecular flexibility index (Phi) is 1.73. The van der Waals surface area contributed by atoms with Crippen LogP contribution in [0.3, 0.4) is 0 Å². The maximum Gasteiger partial charge on any atom is 0.128 e. The van der Waals surface area contributed by atoms with Crippen LogP contribution in [0.25, 0.3) is 0 Å². The smallest absolute Gasteiger partial charge is 0.128 e. The van der Waals surface area contributed by atoms with Crippen LogP contribution in [0, 0.1) is 0 Å². The molecule has 0 aliphatic carbocycles. The van der Waals surface area contributed by atoms with Crippen LogP contribution in [-0.4, -0.2) is 23.3 Å². The minimum absolute atomic E-state index is 0.742. The summed E-state index contributed by atoms with van der Waals surface area (Å²) < 4.78 is 0. The van der Waals surface area contributed by atoms with Crippen molar-refractivity contribution in [3.63, 3.8) is 0 Å². The van der Waals surface area contributed by atoms with Gasteiger partial charge in [0.15, 0.2) is 0 Å². The number of nitrogens with zero attached hydrogens (tertiary/aromatic N) is 2.